The number of hydrogen-bond acceptors (Lipinski definition) is 4. The summed E-state index contributed by atoms with van der Waals surface area (Å²) in [6, 6.07) is 15.9. The summed E-state index contributed by atoms with van der Waals surface area (Å²) in [6.45, 7) is 8.07. The van der Waals surface area contributed by atoms with E-state index < -0.39 is 0 Å². The number of aliphatic hydroxyl groups excluding tert-OH is 1. The van der Waals surface area contributed by atoms with E-state index >= 15 is 0 Å². The summed E-state index contributed by atoms with van der Waals surface area (Å²) in [6.07, 6.45) is 11.7. The van der Waals surface area contributed by atoms with Crippen LogP contribution in [0.15, 0.2) is 66.8 Å². The first-order valence-corrected chi connectivity index (χ1v) is 13.1. The van der Waals surface area contributed by atoms with E-state index in [0.717, 1.165) is 43.4 Å². The van der Waals surface area contributed by atoms with Gasteiger partial charge in [-0.1, -0.05) is 73.9 Å². The number of hydrogen-bond donors (Lipinski definition) is 1. The third kappa shape index (κ3) is 6.00. The Hall–Kier alpha value is -2.88. The molecule has 2 aromatic heterocycles. The number of nitrogens with zero attached hydrogens (tertiary/aromatic N) is 2. The Kier molecular flexibility index (Phi) is 10.1. The second-order valence-electron chi connectivity index (χ2n) is 9.46. The van der Waals surface area contributed by atoms with Gasteiger partial charge >= 0.3 is 0 Å². The molecule has 2 heterocycles. The number of aromatic nitrogens is 2. The van der Waals surface area contributed by atoms with Crippen molar-refractivity contribution in [2.75, 3.05) is 0 Å². The summed E-state index contributed by atoms with van der Waals surface area (Å²) in [5.74, 6) is 0.547. The smallest absolute Gasteiger partial charge is 0.162 e. The van der Waals surface area contributed by atoms with Gasteiger partial charge in [0.05, 0.1) is 5.76 Å². The molecule has 0 aliphatic heterocycles. The molecule has 0 spiro atoms. The number of allylic oxidation sites excluding steroid dienone is 2. The predicted molar refractivity (Wildman–Crippen MR) is 148 cm³/mol. The van der Waals surface area contributed by atoms with Crippen molar-refractivity contribution in [3.8, 4) is 11.3 Å². The molecule has 1 aliphatic rings. The standard InChI is InChI=1S/C19H11N2.C13H24O2.Ir/c1-2-6-15-12(4-1)11-21-19-16-7-3-5-13-9-20-10-14(18(13)16)8-17(15)19;1-5-10(6-2)12(14)9-13(15)11(7-3)8-4;/h1-6,9-11H,8H2;9-11,14H,5-8H2,1-4H3;/q-1;;/b;12-9-;. The Bertz CT molecular complexity index is 1400. The number of pyridine rings is 2. The Morgan fingerprint density at radius 3 is 2.38 bits per heavy atom. The van der Waals surface area contributed by atoms with Gasteiger partial charge in [0.25, 0.3) is 0 Å². The minimum Gasteiger partial charge on any atom is -0.512 e. The van der Waals surface area contributed by atoms with E-state index in [1.54, 1.807) is 0 Å². The molecule has 0 saturated heterocycles. The van der Waals surface area contributed by atoms with Crippen molar-refractivity contribution in [2.24, 2.45) is 11.8 Å². The largest absolute Gasteiger partial charge is 0.512 e. The van der Waals surface area contributed by atoms with Crippen molar-refractivity contribution in [1.29, 1.82) is 0 Å². The number of rotatable bonds is 7. The number of carbonyl (C=O) groups is 1. The molecule has 4 aromatic rings. The number of aliphatic hydroxyl groups is 1. The third-order valence-corrected chi connectivity index (χ3v) is 7.38. The molecule has 1 aliphatic carbocycles. The fourth-order valence-electron chi connectivity index (χ4n) is 5.15. The molecule has 0 atom stereocenters. The van der Waals surface area contributed by atoms with Gasteiger partial charge in [0.15, 0.2) is 5.78 Å². The first-order chi connectivity index (χ1) is 17.5. The fraction of sp³-hybridized carbons (Fsp3) is 0.344. The van der Waals surface area contributed by atoms with E-state index in [9.17, 15) is 9.90 Å². The van der Waals surface area contributed by atoms with Crippen LogP contribution in [0.25, 0.3) is 32.8 Å². The SMILES string of the molecule is CCC(CC)C(=O)/C=C(\O)C(CC)CC.[Ir].[c-]1ccc2cncc3c2c1-c1ncc2ccccc2c1C3. The molecule has 0 fully saturated rings. The van der Waals surface area contributed by atoms with Crippen molar-refractivity contribution in [3.63, 3.8) is 0 Å². The molecule has 37 heavy (non-hydrogen) atoms. The van der Waals surface area contributed by atoms with E-state index in [2.05, 4.69) is 41.4 Å². The normalized spacial score (nSPS) is 12.2. The molecular formula is C32H35IrN2O2-. The van der Waals surface area contributed by atoms with Gasteiger partial charge in [-0.3, -0.25) is 9.78 Å². The molecule has 0 amide bonds. The van der Waals surface area contributed by atoms with Gasteiger partial charge in [0.1, 0.15) is 0 Å². The van der Waals surface area contributed by atoms with Gasteiger partial charge < -0.3 is 10.1 Å². The van der Waals surface area contributed by atoms with Crippen molar-refractivity contribution in [1.82, 2.24) is 9.97 Å². The second kappa shape index (κ2) is 13.1. The maximum absolute atomic E-state index is 11.7. The first kappa shape index (κ1) is 28.7. The summed E-state index contributed by atoms with van der Waals surface area (Å²) >= 11 is 0. The molecule has 2 aromatic carbocycles. The maximum atomic E-state index is 11.7. The summed E-state index contributed by atoms with van der Waals surface area (Å²) in [7, 11) is 0. The van der Waals surface area contributed by atoms with E-state index in [1.165, 1.54) is 38.7 Å². The molecule has 5 heteroatoms. The first-order valence-electron chi connectivity index (χ1n) is 13.1. The fourth-order valence-corrected chi connectivity index (χ4v) is 5.15. The Morgan fingerprint density at radius 2 is 1.68 bits per heavy atom. The molecule has 4 nitrogen and oxygen atoms in total. The molecule has 1 N–H and O–H groups in total. The van der Waals surface area contributed by atoms with Gasteiger partial charge in [-0.2, -0.15) is 0 Å². The number of carbonyl (C=O) groups excluding carboxylic acids is 1. The zero-order chi connectivity index (χ0) is 25.7. The topological polar surface area (TPSA) is 63.1 Å². The zero-order valence-electron chi connectivity index (χ0n) is 22.0. The minimum atomic E-state index is 0. The van der Waals surface area contributed by atoms with Gasteiger partial charge in [-0.25, -0.2) is 0 Å². The van der Waals surface area contributed by atoms with Crippen LogP contribution in [0.1, 0.15) is 64.5 Å². The molecule has 195 valence electrons. The Balaban J connectivity index is 0.000000214. The van der Waals surface area contributed by atoms with Crippen LogP contribution in [0.3, 0.4) is 0 Å². The number of fused-ring (bicyclic) bond motifs is 4. The van der Waals surface area contributed by atoms with Gasteiger partial charge in [-0.05, 0) is 48.6 Å². The average molecular weight is 672 g/mol. The van der Waals surface area contributed by atoms with Crippen LogP contribution < -0.4 is 0 Å². The van der Waals surface area contributed by atoms with E-state index in [0.29, 0.717) is 0 Å². The third-order valence-electron chi connectivity index (χ3n) is 7.38. The van der Waals surface area contributed by atoms with E-state index in [-0.39, 0.29) is 43.5 Å². The summed E-state index contributed by atoms with van der Waals surface area (Å²) in [4.78, 5) is 20.8. The van der Waals surface area contributed by atoms with Crippen LogP contribution in [0.4, 0.5) is 0 Å². The summed E-state index contributed by atoms with van der Waals surface area (Å²) < 4.78 is 0. The molecule has 0 unspecified atom stereocenters. The van der Waals surface area contributed by atoms with E-state index in [1.807, 2.05) is 52.4 Å². The predicted octanol–water partition coefficient (Wildman–Crippen LogP) is 8.02. The maximum Gasteiger partial charge on any atom is 0.162 e. The van der Waals surface area contributed by atoms with Crippen LogP contribution in [-0.2, 0) is 31.3 Å². The van der Waals surface area contributed by atoms with Crippen LogP contribution in [-0.4, -0.2) is 20.9 Å². The van der Waals surface area contributed by atoms with Gasteiger partial charge in [0, 0.05) is 56.6 Å². The van der Waals surface area contributed by atoms with Crippen molar-refractivity contribution >= 4 is 27.3 Å². The van der Waals surface area contributed by atoms with Gasteiger partial charge in [-0.15, -0.1) is 23.8 Å². The number of benzene rings is 2. The summed E-state index contributed by atoms with van der Waals surface area (Å²) in [5.41, 5.74) is 4.73. The molecular weight excluding hydrogens is 637 g/mol. The van der Waals surface area contributed by atoms with Gasteiger partial charge in [0.2, 0.25) is 0 Å². The van der Waals surface area contributed by atoms with Crippen LogP contribution in [0, 0.1) is 17.9 Å². The molecule has 0 bridgehead atoms. The average Bonchev–Trinajstić information content (AvgIpc) is 2.91. The van der Waals surface area contributed by atoms with Crippen molar-refractivity contribution < 1.29 is 30.0 Å². The Labute approximate surface area is 233 Å². The quantitative estimate of drug-likeness (QED) is 0.108. The summed E-state index contributed by atoms with van der Waals surface area (Å²) in [5, 5.41) is 14.7. The monoisotopic (exact) mass is 672 g/mol. The molecule has 5 rings (SSSR count). The second-order valence-corrected chi connectivity index (χ2v) is 9.46. The molecule has 0 saturated carbocycles. The van der Waals surface area contributed by atoms with Crippen molar-refractivity contribution in [3.05, 3.63) is 84.0 Å². The van der Waals surface area contributed by atoms with Crippen LogP contribution >= 0.6 is 0 Å². The zero-order valence-corrected chi connectivity index (χ0v) is 24.4. The van der Waals surface area contributed by atoms with Crippen molar-refractivity contribution in [2.45, 2.75) is 59.8 Å². The van der Waals surface area contributed by atoms with Crippen LogP contribution in [0.5, 0.6) is 0 Å². The van der Waals surface area contributed by atoms with E-state index in [4.69, 9.17) is 4.98 Å². The van der Waals surface area contributed by atoms with Crippen LogP contribution in [0.2, 0.25) is 0 Å². The Morgan fingerprint density at radius 1 is 0.973 bits per heavy atom. The molecule has 1 radical (unpaired) electrons. The minimum absolute atomic E-state index is 0. The number of ketones is 1.